The Kier molecular flexibility index (Phi) is 22.9. The minimum absolute atomic E-state index is 0.0262. The van der Waals surface area contributed by atoms with Crippen LogP contribution in [0.3, 0.4) is 0 Å². The van der Waals surface area contributed by atoms with Crippen LogP contribution in [0.4, 0.5) is 0 Å². The number of carbonyl (C=O) groups is 2. The second-order valence-electron chi connectivity index (χ2n) is 20.6. The molecule has 0 amide bonds. The SMILES string of the molecule is CCCC1CCCCCCCCCC(=O)OC2C(O)C(OC(C)C2OC2OC(C)C(OC3OC(C)C(OC(=O)C(C)CC)C(O)C3O)C(OC3OC(CO)C(O)C(O)C3O)C2O)OC2C(O1)OC(C)C(O)C2O. The van der Waals surface area contributed by atoms with Gasteiger partial charge < -0.3 is 108 Å². The van der Waals surface area contributed by atoms with Gasteiger partial charge in [-0.15, -0.1) is 0 Å². The summed E-state index contributed by atoms with van der Waals surface area (Å²) < 4.78 is 73.1. The molecule has 27 unspecified atom stereocenters. The highest BCUT2D eigenvalue weighted by Gasteiger charge is 2.57. The number of rotatable bonds is 12. The molecule has 73 heavy (non-hydrogen) atoms. The Morgan fingerprint density at radius 2 is 1.11 bits per heavy atom. The molecule has 27 atom stereocenters. The Morgan fingerprint density at radius 1 is 0.548 bits per heavy atom. The Hall–Kier alpha value is -1.86. The molecule has 6 rings (SSSR count). The topological polar surface area (TPSA) is 347 Å². The van der Waals surface area contributed by atoms with E-state index in [1.54, 1.807) is 20.8 Å². The fourth-order valence-corrected chi connectivity index (χ4v) is 10.1. The highest BCUT2D eigenvalue weighted by molar-refractivity contribution is 5.72. The number of ether oxygens (including phenoxy) is 12. The van der Waals surface area contributed by atoms with Gasteiger partial charge in [-0.1, -0.05) is 65.7 Å². The predicted octanol–water partition coefficient (Wildman–Crippen LogP) is -0.949. The van der Waals surface area contributed by atoms with Crippen LogP contribution in [0.25, 0.3) is 0 Å². The van der Waals surface area contributed by atoms with Gasteiger partial charge in [-0.3, -0.25) is 9.59 Å². The van der Waals surface area contributed by atoms with Crippen LogP contribution in [0.2, 0.25) is 0 Å². The highest BCUT2D eigenvalue weighted by atomic mass is 16.8. The number of fused-ring (bicyclic) bond motifs is 3. The van der Waals surface area contributed by atoms with Crippen molar-refractivity contribution >= 4 is 11.9 Å². The zero-order valence-corrected chi connectivity index (χ0v) is 43.0. The number of aliphatic hydroxyl groups excluding tert-OH is 10. The summed E-state index contributed by atoms with van der Waals surface area (Å²) in [6.45, 7) is 10.6. The molecule has 6 aliphatic heterocycles. The van der Waals surface area contributed by atoms with Crippen molar-refractivity contribution < 1.29 is 117 Å². The molecule has 6 fully saturated rings. The Bertz CT molecular complexity index is 1680. The van der Waals surface area contributed by atoms with E-state index in [1.807, 2.05) is 6.92 Å². The molecule has 24 heteroatoms. The van der Waals surface area contributed by atoms with Gasteiger partial charge in [-0.2, -0.15) is 0 Å². The monoisotopic (exact) mass is 1060 g/mol. The molecule has 0 aromatic carbocycles. The number of aliphatic hydroxyl groups is 10. The third-order valence-corrected chi connectivity index (χ3v) is 15.0. The summed E-state index contributed by atoms with van der Waals surface area (Å²) in [7, 11) is 0. The van der Waals surface area contributed by atoms with E-state index in [-0.39, 0.29) is 12.5 Å². The summed E-state index contributed by atoms with van der Waals surface area (Å²) in [5, 5.41) is 112. The fourth-order valence-electron chi connectivity index (χ4n) is 10.1. The lowest BCUT2D eigenvalue weighted by atomic mass is 9.95. The first-order valence-corrected chi connectivity index (χ1v) is 26.4. The minimum atomic E-state index is -2.00. The first-order valence-electron chi connectivity index (χ1n) is 26.4. The number of hydrogen-bond donors (Lipinski definition) is 10. The number of carbonyl (C=O) groups excluding carboxylic acids is 2. The lowest BCUT2D eigenvalue weighted by Gasteiger charge is -2.50. The van der Waals surface area contributed by atoms with Crippen molar-refractivity contribution in [3.63, 3.8) is 0 Å². The van der Waals surface area contributed by atoms with Gasteiger partial charge >= 0.3 is 11.9 Å². The Labute approximate surface area is 426 Å². The summed E-state index contributed by atoms with van der Waals surface area (Å²) in [5.41, 5.74) is 0. The van der Waals surface area contributed by atoms with Crippen LogP contribution in [0, 0.1) is 5.92 Å². The zero-order chi connectivity index (χ0) is 53.4. The molecule has 10 N–H and O–H groups in total. The smallest absolute Gasteiger partial charge is 0.309 e. The molecule has 6 aliphatic rings. The van der Waals surface area contributed by atoms with Gasteiger partial charge in [0.05, 0.1) is 43.0 Å². The van der Waals surface area contributed by atoms with Gasteiger partial charge in [0.25, 0.3) is 0 Å². The molecule has 6 saturated heterocycles. The second-order valence-corrected chi connectivity index (χ2v) is 20.6. The first-order chi connectivity index (χ1) is 34.7. The van der Waals surface area contributed by atoms with Crippen molar-refractivity contribution in [1.82, 2.24) is 0 Å². The van der Waals surface area contributed by atoms with E-state index in [1.165, 1.54) is 20.8 Å². The normalized spacial score (nSPS) is 47.4. The van der Waals surface area contributed by atoms with Crippen molar-refractivity contribution in [2.45, 2.75) is 285 Å². The van der Waals surface area contributed by atoms with Gasteiger partial charge in [0.1, 0.15) is 85.5 Å². The van der Waals surface area contributed by atoms with E-state index in [4.69, 9.17) is 56.8 Å². The molecule has 0 aromatic heterocycles. The molecule has 0 saturated carbocycles. The van der Waals surface area contributed by atoms with Crippen molar-refractivity contribution in [1.29, 1.82) is 0 Å². The second kappa shape index (κ2) is 27.6. The predicted molar refractivity (Wildman–Crippen MR) is 247 cm³/mol. The van der Waals surface area contributed by atoms with Crippen molar-refractivity contribution in [3.8, 4) is 0 Å². The van der Waals surface area contributed by atoms with E-state index >= 15 is 0 Å². The van der Waals surface area contributed by atoms with Gasteiger partial charge in [-0.25, -0.2) is 0 Å². The van der Waals surface area contributed by atoms with E-state index < -0.39 is 178 Å². The summed E-state index contributed by atoms with van der Waals surface area (Å²) in [6.07, 6.45) is -30.9. The van der Waals surface area contributed by atoms with Crippen LogP contribution < -0.4 is 0 Å². The number of esters is 2. The number of hydrogen-bond acceptors (Lipinski definition) is 24. The Balaban J connectivity index is 1.28. The first kappa shape index (κ1) is 60.4. The van der Waals surface area contributed by atoms with Crippen molar-refractivity contribution in [3.05, 3.63) is 0 Å². The molecule has 0 aromatic rings. The van der Waals surface area contributed by atoms with Crippen LogP contribution in [0.1, 0.15) is 126 Å². The summed E-state index contributed by atoms with van der Waals surface area (Å²) in [6, 6.07) is 0. The molecule has 6 heterocycles. The third kappa shape index (κ3) is 14.6. The quantitative estimate of drug-likeness (QED) is 0.105. The molecular weight excluding hydrogens is 973 g/mol. The average Bonchev–Trinajstić information content (AvgIpc) is 3.35. The van der Waals surface area contributed by atoms with Crippen LogP contribution in [-0.2, 0) is 66.4 Å². The standard InChI is InChI=1S/C49H84O24/c1-8-17-26-18-15-13-11-10-12-14-16-19-28(51)68-41-36(59)48(73-43-32(55)29(52)22(4)62-49(43)66-26)65-24(6)39(41)71-47-37(60)42(72-46-34(57)31(54)30(53)27(20-50)67-46)40(25(7)64-47)70-45-35(58)33(56)38(23(5)63-45)69-44(61)21(3)9-2/h21-27,29-43,45-50,52-60H,8-20H2,1-7H3. The van der Waals surface area contributed by atoms with Crippen molar-refractivity contribution in [2.24, 2.45) is 5.92 Å². The van der Waals surface area contributed by atoms with E-state index in [2.05, 4.69) is 0 Å². The molecule has 0 aliphatic carbocycles. The highest BCUT2D eigenvalue weighted by Crippen LogP contribution is 2.38. The van der Waals surface area contributed by atoms with Crippen LogP contribution in [-0.4, -0.2) is 229 Å². The summed E-state index contributed by atoms with van der Waals surface area (Å²) >= 11 is 0. The van der Waals surface area contributed by atoms with Crippen LogP contribution in [0.5, 0.6) is 0 Å². The van der Waals surface area contributed by atoms with E-state index in [0.29, 0.717) is 25.7 Å². The maximum Gasteiger partial charge on any atom is 0.309 e. The Morgan fingerprint density at radius 3 is 1.77 bits per heavy atom. The maximum absolute atomic E-state index is 13.6. The van der Waals surface area contributed by atoms with Crippen LogP contribution >= 0.6 is 0 Å². The molecule has 24 nitrogen and oxygen atoms in total. The largest absolute Gasteiger partial charge is 0.457 e. The van der Waals surface area contributed by atoms with Crippen LogP contribution in [0.15, 0.2) is 0 Å². The molecule has 2 bridgehead atoms. The minimum Gasteiger partial charge on any atom is -0.457 e. The lowest BCUT2D eigenvalue weighted by molar-refractivity contribution is -0.400. The molecule has 0 radical (unpaired) electrons. The zero-order valence-electron chi connectivity index (χ0n) is 43.0. The molecular formula is C49H84O24. The van der Waals surface area contributed by atoms with Crippen molar-refractivity contribution in [2.75, 3.05) is 6.61 Å². The maximum atomic E-state index is 13.6. The van der Waals surface area contributed by atoms with Gasteiger partial charge in [0.2, 0.25) is 0 Å². The van der Waals surface area contributed by atoms with Gasteiger partial charge in [-0.05, 0) is 53.4 Å². The third-order valence-electron chi connectivity index (χ3n) is 15.0. The average molecular weight is 1060 g/mol. The summed E-state index contributed by atoms with van der Waals surface area (Å²) in [4.78, 5) is 26.3. The van der Waals surface area contributed by atoms with E-state index in [9.17, 15) is 60.7 Å². The van der Waals surface area contributed by atoms with E-state index in [0.717, 1.165) is 44.9 Å². The fraction of sp³-hybridized carbons (Fsp3) is 0.959. The summed E-state index contributed by atoms with van der Waals surface area (Å²) in [5.74, 6) is -1.85. The van der Waals surface area contributed by atoms with Gasteiger partial charge in [0.15, 0.2) is 43.7 Å². The molecule has 424 valence electrons. The lowest BCUT2D eigenvalue weighted by Crippen LogP contribution is -2.68. The van der Waals surface area contributed by atoms with Gasteiger partial charge in [0, 0.05) is 6.42 Å². The molecule has 0 spiro atoms.